The number of hydrogen-bond acceptors (Lipinski definition) is 6. The van der Waals surface area contributed by atoms with E-state index in [0.29, 0.717) is 13.0 Å². The fraction of sp³-hybridized carbons (Fsp3) is 0.667. The first-order valence-corrected chi connectivity index (χ1v) is 6.45. The number of ether oxygens (including phenoxy) is 1. The maximum atomic E-state index is 11.8. The van der Waals surface area contributed by atoms with Crippen LogP contribution in [-0.4, -0.2) is 49.8 Å². The number of nitrogens with zero attached hydrogens (tertiary/aromatic N) is 1. The van der Waals surface area contributed by atoms with E-state index in [-0.39, 0.29) is 5.56 Å². The van der Waals surface area contributed by atoms with Crippen LogP contribution in [0.5, 0.6) is 0 Å². The molecule has 4 atom stereocenters. The van der Waals surface area contributed by atoms with Gasteiger partial charge in [0.2, 0.25) is 0 Å². The van der Waals surface area contributed by atoms with E-state index >= 15 is 0 Å². The first-order chi connectivity index (χ1) is 9.49. The minimum absolute atomic E-state index is 0.0561. The summed E-state index contributed by atoms with van der Waals surface area (Å²) in [5.74, 6) is 0. The van der Waals surface area contributed by atoms with Crippen LogP contribution in [0.3, 0.4) is 0 Å². The van der Waals surface area contributed by atoms with Crippen molar-refractivity contribution in [2.24, 2.45) is 0 Å². The van der Waals surface area contributed by atoms with Gasteiger partial charge in [0.1, 0.15) is 24.4 Å². The molecule has 0 bridgehead atoms. The highest BCUT2D eigenvalue weighted by Crippen LogP contribution is 2.31. The second-order valence-corrected chi connectivity index (χ2v) is 4.80. The number of rotatable bonds is 4. The lowest BCUT2D eigenvalue weighted by Gasteiger charge is -2.15. The molecule has 112 valence electrons. The molecule has 0 aliphatic carbocycles. The van der Waals surface area contributed by atoms with Gasteiger partial charge in [-0.05, 0) is 6.42 Å². The first-order valence-electron chi connectivity index (χ1n) is 6.45. The smallest absolute Gasteiger partial charge is 0.328 e. The summed E-state index contributed by atoms with van der Waals surface area (Å²) < 4.78 is 6.60. The lowest BCUT2D eigenvalue weighted by Crippen LogP contribution is -2.36. The summed E-state index contributed by atoms with van der Waals surface area (Å²) in [6.07, 6.45) is -2.63. The van der Waals surface area contributed by atoms with Crippen LogP contribution in [0.1, 0.15) is 25.0 Å². The summed E-state index contributed by atoms with van der Waals surface area (Å²) >= 11 is 0. The van der Waals surface area contributed by atoms with Gasteiger partial charge >= 0.3 is 5.69 Å². The highest BCUT2D eigenvalue weighted by molar-refractivity contribution is 5.14. The van der Waals surface area contributed by atoms with Crippen molar-refractivity contribution in [2.45, 2.75) is 44.3 Å². The van der Waals surface area contributed by atoms with Crippen molar-refractivity contribution in [1.82, 2.24) is 9.55 Å². The largest absolute Gasteiger partial charge is 0.394 e. The van der Waals surface area contributed by atoms with Crippen molar-refractivity contribution in [1.29, 1.82) is 0 Å². The molecule has 0 spiro atoms. The number of hydrogen-bond donors (Lipinski definition) is 4. The standard InChI is InChI=1S/C12H18N2O6/c1-2-3-14-4-6(11(18)13-12(14)19)10-9(17)8(16)7(5-15)20-10/h4,7-10,15-17H,2-3,5H2,1H3,(H,13,18,19)/t7-,8?,9+,10+/m1/s1. The third kappa shape index (κ3) is 2.55. The molecule has 0 saturated carbocycles. The second kappa shape index (κ2) is 5.88. The van der Waals surface area contributed by atoms with E-state index in [9.17, 15) is 19.8 Å². The maximum Gasteiger partial charge on any atom is 0.328 e. The predicted octanol–water partition coefficient (Wildman–Crippen LogP) is -1.90. The molecule has 1 saturated heterocycles. The highest BCUT2D eigenvalue weighted by atomic mass is 16.6. The van der Waals surface area contributed by atoms with Crippen LogP contribution in [0, 0.1) is 0 Å². The molecule has 1 unspecified atom stereocenters. The van der Waals surface area contributed by atoms with Gasteiger partial charge < -0.3 is 24.6 Å². The molecule has 0 amide bonds. The maximum absolute atomic E-state index is 11.8. The number of aliphatic hydroxyl groups excluding tert-OH is 3. The normalized spacial score (nSPS) is 29.8. The van der Waals surface area contributed by atoms with E-state index in [1.54, 1.807) is 0 Å². The number of aromatic amines is 1. The molecule has 8 nitrogen and oxygen atoms in total. The van der Waals surface area contributed by atoms with E-state index in [1.807, 2.05) is 6.92 Å². The van der Waals surface area contributed by atoms with E-state index in [4.69, 9.17) is 9.84 Å². The fourth-order valence-electron chi connectivity index (χ4n) is 2.29. The third-order valence-corrected chi connectivity index (χ3v) is 3.35. The van der Waals surface area contributed by atoms with E-state index in [2.05, 4.69) is 4.98 Å². The fourth-order valence-corrected chi connectivity index (χ4v) is 2.29. The van der Waals surface area contributed by atoms with Gasteiger partial charge in [-0.15, -0.1) is 0 Å². The topological polar surface area (TPSA) is 125 Å². The number of nitrogens with one attached hydrogen (secondary N) is 1. The van der Waals surface area contributed by atoms with Crippen molar-refractivity contribution in [2.75, 3.05) is 6.61 Å². The average molecular weight is 286 g/mol. The number of aryl methyl sites for hydroxylation is 1. The zero-order valence-corrected chi connectivity index (χ0v) is 11.0. The van der Waals surface area contributed by atoms with Crippen LogP contribution < -0.4 is 11.2 Å². The Morgan fingerprint density at radius 3 is 2.60 bits per heavy atom. The summed E-state index contributed by atoms with van der Waals surface area (Å²) in [4.78, 5) is 25.6. The molecule has 8 heteroatoms. The Morgan fingerprint density at radius 2 is 2.05 bits per heavy atom. The van der Waals surface area contributed by atoms with Gasteiger partial charge in [-0.2, -0.15) is 0 Å². The molecule has 2 heterocycles. The summed E-state index contributed by atoms with van der Waals surface area (Å²) in [5.41, 5.74) is -1.15. The van der Waals surface area contributed by atoms with Crippen LogP contribution >= 0.6 is 0 Å². The molecule has 1 aromatic rings. The van der Waals surface area contributed by atoms with Crippen molar-refractivity contribution < 1.29 is 20.1 Å². The molecule has 0 aromatic carbocycles. The SMILES string of the molecule is CCCn1cc([C@@H]2O[C@H](CO)C(O)[C@@H]2O)c(=O)[nH]c1=O. The lowest BCUT2D eigenvalue weighted by molar-refractivity contribution is -0.0233. The summed E-state index contributed by atoms with van der Waals surface area (Å²) in [5, 5.41) is 28.6. The molecule has 1 aliphatic rings. The molecular formula is C12H18N2O6. The third-order valence-electron chi connectivity index (χ3n) is 3.35. The van der Waals surface area contributed by atoms with Gasteiger partial charge in [0.15, 0.2) is 0 Å². The second-order valence-electron chi connectivity index (χ2n) is 4.80. The molecule has 4 N–H and O–H groups in total. The summed E-state index contributed by atoms with van der Waals surface area (Å²) in [7, 11) is 0. The highest BCUT2D eigenvalue weighted by Gasteiger charge is 2.44. The molecular weight excluding hydrogens is 268 g/mol. The molecule has 2 rings (SSSR count). The minimum atomic E-state index is -1.33. The molecule has 1 aliphatic heterocycles. The van der Waals surface area contributed by atoms with Gasteiger partial charge in [-0.3, -0.25) is 9.78 Å². The number of H-pyrrole nitrogens is 1. The van der Waals surface area contributed by atoms with Crippen molar-refractivity contribution >= 4 is 0 Å². The van der Waals surface area contributed by atoms with Crippen molar-refractivity contribution in [3.63, 3.8) is 0 Å². The van der Waals surface area contributed by atoms with Gasteiger partial charge in [0.25, 0.3) is 5.56 Å². The van der Waals surface area contributed by atoms with Gasteiger partial charge in [0.05, 0.1) is 12.2 Å². The van der Waals surface area contributed by atoms with Crippen LogP contribution in [-0.2, 0) is 11.3 Å². The Bertz CT molecular complexity index is 580. The number of aromatic nitrogens is 2. The molecule has 1 fully saturated rings. The minimum Gasteiger partial charge on any atom is -0.394 e. The zero-order valence-electron chi connectivity index (χ0n) is 11.0. The predicted molar refractivity (Wildman–Crippen MR) is 68.3 cm³/mol. The van der Waals surface area contributed by atoms with Gasteiger partial charge in [0, 0.05) is 12.7 Å². The Balaban J connectivity index is 2.40. The van der Waals surface area contributed by atoms with E-state index < -0.39 is 42.3 Å². The molecule has 0 radical (unpaired) electrons. The lowest BCUT2D eigenvalue weighted by atomic mass is 10.0. The van der Waals surface area contributed by atoms with Gasteiger partial charge in [-0.25, -0.2) is 4.79 Å². The Hall–Kier alpha value is -1.48. The average Bonchev–Trinajstić information content (AvgIpc) is 2.70. The quantitative estimate of drug-likeness (QED) is 0.512. The van der Waals surface area contributed by atoms with Crippen LogP contribution in [0.4, 0.5) is 0 Å². The Labute approximate surface area is 114 Å². The van der Waals surface area contributed by atoms with Crippen LogP contribution in [0.25, 0.3) is 0 Å². The molecule has 20 heavy (non-hydrogen) atoms. The first kappa shape index (κ1) is 14.9. The van der Waals surface area contributed by atoms with Crippen molar-refractivity contribution in [3.05, 3.63) is 32.6 Å². The monoisotopic (exact) mass is 286 g/mol. The Kier molecular flexibility index (Phi) is 4.39. The van der Waals surface area contributed by atoms with E-state index in [0.717, 1.165) is 0 Å². The van der Waals surface area contributed by atoms with Crippen LogP contribution in [0.2, 0.25) is 0 Å². The van der Waals surface area contributed by atoms with E-state index in [1.165, 1.54) is 10.8 Å². The van der Waals surface area contributed by atoms with Crippen molar-refractivity contribution in [3.8, 4) is 0 Å². The summed E-state index contributed by atoms with van der Waals surface area (Å²) in [6, 6.07) is 0. The summed E-state index contributed by atoms with van der Waals surface area (Å²) in [6.45, 7) is 1.82. The molecule has 1 aromatic heterocycles. The van der Waals surface area contributed by atoms with Crippen LogP contribution in [0.15, 0.2) is 15.8 Å². The zero-order chi connectivity index (χ0) is 14.9. The number of aliphatic hydroxyl groups is 3. The van der Waals surface area contributed by atoms with Gasteiger partial charge in [-0.1, -0.05) is 6.92 Å². The Morgan fingerprint density at radius 1 is 1.35 bits per heavy atom.